The van der Waals surface area contributed by atoms with Crippen molar-refractivity contribution < 1.29 is 0 Å². The molecule has 0 aromatic rings. The van der Waals surface area contributed by atoms with Gasteiger partial charge in [0.05, 0.1) is 0 Å². The van der Waals surface area contributed by atoms with Crippen LogP contribution in [0.2, 0.25) is 0 Å². The highest BCUT2D eigenvalue weighted by molar-refractivity contribution is 8.07. The number of nitrogens with one attached hydrogen (secondary N) is 1. The first-order valence-corrected chi connectivity index (χ1v) is 8.87. The van der Waals surface area contributed by atoms with Crippen LogP contribution in [-0.4, -0.2) is 34.6 Å². The summed E-state index contributed by atoms with van der Waals surface area (Å²) >= 11 is 4.38. The molecule has 3 heteroatoms. The van der Waals surface area contributed by atoms with E-state index in [2.05, 4.69) is 42.7 Å². The van der Waals surface area contributed by atoms with Crippen molar-refractivity contribution in [3.05, 3.63) is 0 Å². The maximum Gasteiger partial charge on any atom is 0.0317 e. The largest absolute Gasteiger partial charge is 0.313 e. The summed E-state index contributed by atoms with van der Waals surface area (Å²) in [5.41, 5.74) is 0. The van der Waals surface area contributed by atoms with E-state index in [9.17, 15) is 0 Å². The molecule has 3 unspecified atom stereocenters. The predicted octanol–water partition coefficient (Wildman–Crippen LogP) is 3.39. The fourth-order valence-corrected chi connectivity index (χ4v) is 5.75. The number of rotatable bonds is 5. The summed E-state index contributed by atoms with van der Waals surface area (Å²) in [6.07, 6.45) is 5.88. The van der Waals surface area contributed by atoms with Crippen LogP contribution in [0.25, 0.3) is 0 Å². The van der Waals surface area contributed by atoms with Crippen LogP contribution in [0.15, 0.2) is 0 Å². The van der Waals surface area contributed by atoms with E-state index in [1.807, 2.05) is 0 Å². The van der Waals surface area contributed by atoms with Crippen molar-refractivity contribution in [2.75, 3.05) is 18.1 Å². The average molecular weight is 259 g/mol. The zero-order chi connectivity index (χ0) is 11.4. The van der Waals surface area contributed by atoms with Gasteiger partial charge in [-0.15, -0.1) is 0 Å². The Morgan fingerprint density at radius 1 is 1.25 bits per heavy atom. The normalized spacial score (nSPS) is 33.4. The molecule has 0 amide bonds. The van der Waals surface area contributed by atoms with Gasteiger partial charge in [0.1, 0.15) is 0 Å². The molecule has 1 saturated heterocycles. The summed E-state index contributed by atoms with van der Waals surface area (Å²) in [6.45, 7) is 5.80. The molecule has 2 fully saturated rings. The standard InChI is InChI=1S/C13H25NS2/c1-3-14-12(9-11-5-4-6-11)13-10(2)15-7-8-16-13/h10-14H,3-9H2,1-2H3. The maximum absolute atomic E-state index is 3.75. The van der Waals surface area contributed by atoms with Gasteiger partial charge in [0.15, 0.2) is 0 Å². The quantitative estimate of drug-likeness (QED) is 0.813. The zero-order valence-electron chi connectivity index (χ0n) is 10.6. The zero-order valence-corrected chi connectivity index (χ0v) is 12.2. The Labute approximate surface area is 109 Å². The predicted molar refractivity (Wildman–Crippen MR) is 77.6 cm³/mol. The van der Waals surface area contributed by atoms with Crippen molar-refractivity contribution >= 4 is 23.5 Å². The van der Waals surface area contributed by atoms with E-state index >= 15 is 0 Å². The van der Waals surface area contributed by atoms with E-state index in [0.717, 1.165) is 29.0 Å². The second-order valence-electron chi connectivity index (χ2n) is 5.11. The third-order valence-electron chi connectivity index (χ3n) is 3.91. The van der Waals surface area contributed by atoms with Gasteiger partial charge in [-0.1, -0.05) is 33.1 Å². The molecule has 1 aliphatic carbocycles. The highest BCUT2D eigenvalue weighted by atomic mass is 32.2. The van der Waals surface area contributed by atoms with Gasteiger partial charge in [0.25, 0.3) is 0 Å². The lowest BCUT2D eigenvalue weighted by atomic mass is 9.80. The van der Waals surface area contributed by atoms with Crippen molar-refractivity contribution in [3.8, 4) is 0 Å². The summed E-state index contributed by atoms with van der Waals surface area (Å²) < 4.78 is 0. The molecule has 0 radical (unpaired) electrons. The third-order valence-corrected chi connectivity index (χ3v) is 7.16. The molecule has 2 aliphatic rings. The Hall–Kier alpha value is 0.660. The van der Waals surface area contributed by atoms with Gasteiger partial charge in [0.2, 0.25) is 0 Å². The molecule has 1 nitrogen and oxygen atoms in total. The Balaban J connectivity index is 1.87. The molecule has 16 heavy (non-hydrogen) atoms. The van der Waals surface area contributed by atoms with Crippen LogP contribution >= 0.6 is 23.5 Å². The number of hydrogen-bond acceptors (Lipinski definition) is 3. The van der Waals surface area contributed by atoms with Gasteiger partial charge in [-0.25, -0.2) is 0 Å². The second-order valence-corrected chi connectivity index (χ2v) is 7.88. The van der Waals surface area contributed by atoms with Gasteiger partial charge in [0, 0.05) is 28.0 Å². The van der Waals surface area contributed by atoms with Crippen molar-refractivity contribution in [3.63, 3.8) is 0 Å². The molecule has 0 spiro atoms. The average Bonchev–Trinajstić information content (AvgIpc) is 2.23. The maximum atomic E-state index is 3.75. The minimum Gasteiger partial charge on any atom is -0.313 e. The fraction of sp³-hybridized carbons (Fsp3) is 1.00. The van der Waals surface area contributed by atoms with E-state index in [1.54, 1.807) is 0 Å². The van der Waals surface area contributed by atoms with Crippen LogP contribution in [0, 0.1) is 5.92 Å². The number of thioether (sulfide) groups is 2. The molecule has 3 atom stereocenters. The Bertz CT molecular complexity index is 206. The lowest BCUT2D eigenvalue weighted by Crippen LogP contribution is -2.46. The molecular weight excluding hydrogens is 234 g/mol. The molecule has 0 aromatic heterocycles. The van der Waals surface area contributed by atoms with Crippen LogP contribution in [0.3, 0.4) is 0 Å². The Morgan fingerprint density at radius 2 is 2.00 bits per heavy atom. The Morgan fingerprint density at radius 3 is 2.56 bits per heavy atom. The minimum absolute atomic E-state index is 0.767. The summed E-state index contributed by atoms with van der Waals surface area (Å²) in [6, 6.07) is 0.767. The Kier molecular flexibility index (Phi) is 5.37. The molecule has 1 aliphatic heterocycles. The van der Waals surface area contributed by atoms with E-state index < -0.39 is 0 Å². The molecule has 0 bridgehead atoms. The fourth-order valence-electron chi connectivity index (χ4n) is 2.78. The summed E-state index contributed by atoms with van der Waals surface area (Å²) in [5.74, 6) is 3.74. The molecule has 2 rings (SSSR count). The lowest BCUT2D eigenvalue weighted by Gasteiger charge is -2.38. The lowest BCUT2D eigenvalue weighted by molar-refractivity contribution is 0.258. The third kappa shape index (κ3) is 3.33. The molecule has 94 valence electrons. The van der Waals surface area contributed by atoms with Crippen LogP contribution in [0.5, 0.6) is 0 Å². The molecule has 1 heterocycles. The van der Waals surface area contributed by atoms with Crippen LogP contribution in [0.1, 0.15) is 39.5 Å². The summed E-state index contributed by atoms with van der Waals surface area (Å²) in [4.78, 5) is 0. The van der Waals surface area contributed by atoms with Crippen LogP contribution < -0.4 is 5.32 Å². The summed E-state index contributed by atoms with van der Waals surface area (Å²) in [5, 5.41) is 5.43. The summed E-state index contributed by atoms with van der Waals surface area (Å²) in [7, 11) is 0. The van der Waals surface area contributed by atoms with Crippen molar-refractivity contribution in [2.24, 2.45) is 5.92 Å². The van der Waals surface area contributed by atoms with Crippen LogP contribution in [0.4, 0.5) is 0 Å². The monoisotopic (exact) mass is 259 g/mol. The van der Waals surface area contributed by atoms with E-state index in [-0.39, 0.29) is 0 Å². The SMILES string of the molecule is CCNC(CC1CCC1)C1SCCSC1C. The minimum atomic E-state index is 0.767. The van der Waals surface area contributed by atoms with Gasteiger partial charge in [-0.3, -0.25) is 0 Å². The second kappa shape index (κ2) is 6.55. The highest BCUT2D eigenvalue weighted by Gasteiger charge is 2.32. The first-order chi connectivity index (χ1) is 7.81. The highest BCUT2D eigenvalue weighted by Crippen LogP contribution is 2.38. The molecule has 1 N–H and O–H groups in total. The topological polar surface area (TPSA) is 12.0 Å². The van der Waals surface area contributed by atoms with Crippen molar-refractivity contribution in [1.29, 1.82) is 0 Å². The smallest absolute Gasteiger partial charge is 0.0317 e. The van der Waals surface area contributed by atoms with Gasteiger partial charge in [-0.05, 0) is 18.9 Å². The molecule has 1 saturated carbocycles. The number of hydrogen-bond donors (Lipinski definition) is 1. The molecule has 0 aromatic carbocycles. The first kappa shape index (κ1) is 13.1. The van der Waals surface area contributed by atoms with E-state index in [1.165, 1.54) is 37.2 Å². The van der Waals surface area contributed by atoms with Gasteiger partial charge in [-0.2, -0.15) is 23.5 Å². The van der Waals surface area contributed by atoms with Crippen LogP contribution in [-0.2, 0) is 0 Å². The van der Waals surface area contributed by atoms with Crippen molar-refractivity contribution in [1.82, 2.24) is 5.32 Å². The molecular formula is C13H25NS2. The first-order valence-electron chi connectivity index (χ1n) is 6.78. The van der Waals surface area contributed by atoms with Gasteiger partial charge < -0.3 is 5.32 Å². The van der Waals surface area contributed by atoms with E-state index in [4.69, 9.17) is 0 Å². The van der Waals surface area contributed by atoms with Crippen molar-refractivity contribution in [2.45, 2.75) is 56.1 Å². The van der Waals surface area contributed by atoms with E-state index in [0.29, 0.717) is 0 Å². The van der Waals surface area contributed by atoms with Gasteiger partial charge >= 0.3 is 0 Å².